The second-order valence-electron chi connectivity index (χ2n) is 7.26. The maximum atomic E-state index is 14.2. The number of halogens is 3. The Morgan fingerprint density at radius 2 is 1.76 bits per heavy atom. The van der Waals surface area contributed by atoms with Crippen LogP contribution in [-0.4, -0.2) is 0 Å². The van der Waals surface area contributed by atoms with Gasteiger partial charge >= 0.3 is 0 Å². The molecule has 0 bridgehead atoms. The molecule has 29 heavy (non-hydrogen) atoms. The van der Waals surface area contributed by atoms with Gasteiger partial charge in [-0.2, -0.15) is 0 Å². The summed E-state index contributed by atoms with van der Waals surface area (Å²) in [6, 6.07) is 19.2. The van der Waals surface area contributed by atoms with E-state index in [0.717, 1.165) is 29.7 Å². The first-order valence-electron chi connectivity index (χ1n) is 9.45. The van der Waals surface area contributed by atoms with Crippen molar-refractivity contribution in [2.45, 2.75) is 31.6 Å². The van der Waals surface area contributed by atoms with Gasteiger partial charge in [0.2, 0.25) is 0 Å². The molecule has 1 atom stereocenters. The van der Waals surface area contributed by atoms with Crippen LogP contribution in [0.5, 0.6) is 0 Å². The molecule has 3 aromatic carbocycles. The lowest BCUT2D eigenvalue weighted by Gasteiger charge is -2.24. The highest BCUT2D eigenvalue weighted by Crippen LogP contribution is 2.31. The van der Waals surface area contributed by atoms with E-state index < -0.39 is 11.2 Å². The van der Waals surface area contributed by atoms with E-state index in [0.29, 0.717) is 12.1 Å². The lowest BCUT2D eigenvalue weighted by atomic mass is 9.78. The highest BCUT2D eigenvalue weighted by Gasteiger charge is 2.24. The van der Waals surface area contributed by atoms with Gasteiger partial charge in [0, 0.05) is 5.69 Å². The maximum absolute atomic E-state index is 14.2. The maximum Gasteiger partial charge on any atom is 0.146 e. The first-order chi connectivity index (χ1) is 13.9. The van der Waals surface area contributed by atoms with Crippen molar-refractivity contribution in [1.29, 1.82) is 0 Å². The number of nitrogens with one attached hydrogen (secondary N) is 1. The van der Waals surface area contributed by atoms with E-state index in [9.17, 15) is 8.78 Å². The highest BCUT2D eigenvalue weighted by atomic mass is 35.5. The number of anilines is 2. The summed E-state index contributed by atoms with van der Waals surface area (Å²) in [6.07, 6.45) is 7.95. The van der Waals surface area contributed by atoms with Crippen LogP contribution >= 0.6 is 11.6 Å². The average Bonchev–Trinajstić information content (AvgIpc) is 2.73. The molecule has 0 saturated carbocycles. The lowest BCUT2D eigenvalue weighted by molar-refractivity contribution is 0.526. The van der Waals surface area contributed by atoms with Crippen LogP contribution in [0.3, 0.4) is 0 Å². The van der Waals surface area contributed by atoms with E-state index in [4.69, 9.17) is 18.0 Å². The molecule has 3 rings (SSSR count). The van der Waals surface area contributed by atoms with E-state index in [1.165, 1.54) is 18.2 Å². The van der Waals surface area contributed by atoms with Gasteiger partial charge in [-0.15, -0.1) is 6.42 Å². The first-order valence-corrected chi connectivity index (χ1v) is 9.83. The largest absolute Gasteiger partial charge is 0.353 e. The molecule has 1 N–H and O–H groups in total. The topological polar surface area (TPSA) is 12.0 Å². The number of benzene rings is 3. The molecule has 0 heterocycles. The quantitative estimate of drug-likeness (QED) is 0.404. The summed E-state index contributed by atoms with van der Waals surface area (Å²) in [4.78, 5) is 0. The van der Waals surface area contributed by atoms with Crippen LogP contribution in [0.4, 0.5) is 20.2 Å². The fourth-order valence-electron chi connectivity index (χ4n) is 3.29. The Bertz CT molecular complexity index is 1030. The van der Waals surface area contributed by atoms with E-state index >= 15 is 0 Å². The third-order valence-electron chi connectivity index (χ3n) is 5.10. The number of rotatable bonds is 7. The molecule has 0 spiro atoms. The van der Waals surface area contributed by atoms with Crippen LogP contribution in [-0.2, 0) is 11.8 Å². The standard InChI is InChI=1S/C25H22ClF2N/c1-3-25(2,19-12-13-21(26)23(28)17-19)15-7-8-18-11-14-22(27)24(16-18)29-20-9-5-4-6-10-20/h1,4-6,9-14,16-17,29H,7-8,15H2,2H3. The minimum absolute atomic E-state index is 0.0814. The third-order valence-corrected chi connectivity index (χ3v) is 5.41. The Morgan fingerprint density at radius 3 is 2.45 bits per heavy atom. The van der Waals surface area contributed by atoms with Crippen LogP contribution in [0.1, 0.15) is 30.9 Å². The molecule has 1 unspecified atom stereocenters. The number of hydrogen-bond acceptors (Lipinski definition) is 1. The third kappa shape index (κ3) is 5.16. The molecule has 148 valence electrons. The second kappa shape index (κ2) is 9.11. The van der Waals surface area contributed by atoms with Crippen molar-refractivity contribution in [1.82, 2.24) is 0 Å². The van der Waals surface area contributed by atoms with Crippen molar-refractivity contribution in [2.24, 2.45) is 0 Å². The zero-order valence-electron chi connectivity index (χ0n) is 16.2. The lowest BCUT2D eigenvalue weighted by Crippen LogP contribution is -2.20. The Labute approximate surface area is 175 Å². The summed E-state index contributed by atoms with van der Waals surface area (Å²) in [6.45, 7) is 1.92. The smallest absolute Gasteiger partial charge is 0.146 e. The molecule has 0 aliphatic heterocycles. The van der Waals surface area contributed by atoms with Gasteiger partial charge in [-0.1, -0.05) is 47.9 Å². The predicted molar refractivity (Wildman–Crippen MR) is 117 cm³/mol. The van der Waals surface area contributed by atoms with Gasteiger partial charge < -0.3 is 5.32 Å². The van der Waals surface area contributed by atoms with Gasteiger partial charge in [-0.05, 0) is 73.7 Å². The first kappa shape index (κ1) is 20.9. The minimum atomic E-state index is -0.601. The molecule has 3 aromatic rings. The average molecular weight is 410 g/mol. The van der Waals surface area contributed by atoms with E-state index in [2.05, 4.69) is 11.2 Å². The van der Waals surface area contributed by atoms with Gasteiger partial charge in [0.05, 0.1) is 16.1 Å². The Hall–Kier alpha value is -2.83. The normalized spacial score (nSPS) is 12.8. The summed E-state index contributed by atoms with van der Waals surface area (Å²) in [5.74, 6) is 2.02. The predicted octanol–water partition coefficient (Wildman–Crippen LogP) is 7.28. The zero-order valence-corrected chi connectivity index (χ0v) is 16.9. The van der Waals surface area contributed by atoms with Crippen LogP contribution in [0.2, 0.25) is 5.02 Å². The zero-order chi connectivity index (χ0) is 20.9. The van der Waals surface area contributed by atoms with Gasteiger partial charge in [0.15, 0.2) is 0 Å². The van der Waals surface area contributed by atoms with Gasteiger partial charge in [-0.25, -0.2) is 8.78 Å². The molecule has 0 aliphatic rings. The van der Waals surface area contributed by atoms with Gasteiger partial charge in [-0.3, -0.25) is 0 Å². The van der Waals surface area contributed by atoms with Crippen molar-refractivity contribution < 1.29 is 8.78 Å². The van der Waals surface area contributed by atoms with Crippen LogP contribution in [0.15, 0.2) is 66.7 Å². The second-order valence-corrected chi connectivity index (χ2v) is 7.67. The summed E-state index contributed by atoms with van der Waals surface area (Å²) in [7, 11) is 0. The fraction of sp³-hybridized carbons (Fsp3) is 0.200. The van der Waals surface area contributed by atoms with Crippen molar-refractivity contribution in [2.75, 3.05) is 5.32 Å². The van der Waals surface area contributed by atoms with Crippen molar-refractivity contribution >= 4 is 23.0 Å². The van der Waals surface area contributed by atoms with E-state index in [-0.39, 0.29) is 10.8 Å². The van der Waals surface area contributed by atoms with Crippen molar-refractivity contribution in [3.8, 4) is 12.3 Å². The number of aryl methyl sites for hydroxylation is 1. The Morgan fingerprint density at radius 1 is 1.00 bits per heavy atom. The SMILES string of the molecule is C#CC(C)(CCCc1ccc(F)c(Nc2ccccc2)c1)c1ccc(Cl)c(F)c1. The van der Waals surface area contributed by atoms with Crippen molar-refractivity contribution in [3.63, 3.8) is 0 Å². The summed E-state index contributed by atoms with van der Waals surface area (Å²) < 4.78 is 28.0. The molecule has 0 fully saturated rings. The molecule has 1 nitrogen and oxygen atoms in total. The molecular formula is C25H22ClF2N. The van der Waals surface area contributed by atoms with E-state index in [1.54, 1.807) is 12.1 Å². The van der Waals surface area contributed by atoms with Gasteiger partial charge in [0.25, 0.3) is 0 Å². The number of para-hydroxylation sites is 1. The van der Waals surface area contributed by atoms with Crippen LogP contribution in [0.25, 0.3) is 0 Å². The van der Waals surface area contributed by atoms with E-state index in [1.807, 2.05) is 43.3 Å². The molecule has 0 saturated heterocycles. The molecule has 0 aliphatic carbocycles. The number of terminal acetylenes is 1. The molecular weight excluding hydrogens is 388 g/mol. The Kier molecular flexibility index (Phi) is 6.56. The highest BCUT2D eigenvalue weighted by molar-refractivity contribution is 6.30. The molecule has 0 amide bonds. The fourth-order valence-corrected chi connectivity index (χ4v) is 3.40. The van der Waals surface area contributed by atoms with Crippen molar-refractivity contribution in [3.05, 3.63) is 94.5 Å². The molecule has 0 radical (unpaired) electrons. The summed E-state index contributed by atoms with van der Waals surface area (Å²) in [5, 5.41) is 3.19. The summed E-state index contributed by atoms with van der Waals surface area (Å²) >= 11 is 5.78. The monoisotopic (exact) mass is 409 g/mol. The van der Waals surface area contributed by atoms with Crippen LogP contribution < -0.4 is 5.32 Å². The van der Waals surface area contributed by atoms with Crippen LogP contribution in [0, 0.1) is 24.0 Å². The molecule has 0 aromatic heterocycles. The Balaban J connectivity index is 1.68. The number of hydrogen-bond donors (Lipinski definition) is 1. The van der Waals surface area contributed by atoms with Gasteiger partial charge in [0.1, 0.15) is 11.6 Å². The molecule has 4 heteroatoms. The minimum Gasteiger partial charge on any atom is -0.353 e. The summed E-state index contributed by atoms with van der Waals surface area (Å²) in [5.41, 5.74) is 2.40.